The Labute approximate surface area is 147 Å². The summed E-state index contributed by atoms with van der Waals surface area (Å²) in [5, 5.41) is 3.68. The lowest BCUT2D eigenvalue weighted by atomic mass is 9.85. The summed E-state index contributed by atoms with van der Waals surface area (Å²) in [6, 6.07) is 6.89. The highest BCUT2D eigenvalue weighted by atomic mass is 79.9. The number of hydrogen-bond acceptors (Lipinski definition) is 4. The van der Waals surface area contributed by atoms with Gasteiger partial charge < -0.3 is 14.8 Å². The summed E-state index contributed by atoms with van der Waals surface area (Å²) in [6.07, 6.45) is 3.86. The van der Waals surface area contributed by atoms with Gasteiger partial charge in [-0.15, -0.1) is 0 Å². The average Bonchev–Trinajstić information content (AvgIpc) is 2.55. The van der Waals surface area contributed by atoms with E-state index in [1.165, 1.54) is 5.56 Å². The molecule has 0 aromatic heterocycles. The van der Waals surface area contributed by atoms with Crippen molar-refractivity contribution in [2.24, 2.45) is 5.92 Å². The molecule has 1 aliphatic rings. The average molecular weight is 384 g/mol. The summed E-state index contributed by atoms with van der Waals surface area (Å²) in [6.45, 7) is 4.51. The van der Waals surface area contributed by atoms with Crippen LogP contribution in [0.5, 0.6) is 5.75 Å². The second kappa shape index (κ2) is 8.69. The molecular weight excluding hydrogens is 358 g/mol. The van der Waals surface area contributed by atoms with Crippen molar-refractivity contribution in [3.8, 4) is 5.75 Å². The minimum Gasteiger partial charge on any atom is -0.496 e. The Morgan fingerprint density at radius 2 is 2.04 bits per heavy atom. The van der Waals surface area contributed by atoms with E-state index in [1.807, 2.05) is 13.0 Å². The van der Waals surface area contributed by atoms with E-state index in [1.54, 1.807) is 7.11 Å². The molecule has 1 aromatic carbocycles. The normalized spacial score (nSPS) is 22.4. The highest BCUT2D eigenvalue weighted by Crippen LogP contribution is 2.30. The van der Waals surface area contributed by atoms with Crippen molar-refractivity contribution in [2.75, 3.05) is 13.7 Å². The molecule has 128 valence electrons. The zero-order valence-corrected chi connectivity index (χ0v) is 15.7. The van der Waals surface area contributed by atoms with Crippen LogP contribution in [0.4, 0.5) is 0 Å². The third-order valence-electron chi connectivity index (χ3n) is 4.51. The number of halogens is 1. The molecule has 0 saturated heterocycles. The number of methoxy groups -OCH3 is 1. The molecular formula is C18H26BrNO3. The van der Waals surface area contributed by atoms with Crippen LogP contribution in [0.3, 0.4) is 0 Å². The van der Waals surface area contributed by atoms with Gasteiger partial charge in [0.2, 0.25) is 0 Å². The highest BCUT2D eigenvalue weighted by Gasteiger charge is 2.27. The van der Waals surface area contributed by atoms with Gasteiger partial charge in [-0.05, 0) is 73.2 Å². The molecule has 1 saturated carbocycles. The lowest BCUT2D eigenvalue weighted by Gasteiger charge is -2.30. The van der Waals surface area contributed by atoms with Crippen molar-refractivity contribution >= 4 is 21.9 Å². The molecule has 5 heteroatoms. The first kappa shape index (κ1) is 18.3. The van der Waals surface area contributed by atoms with Crippen LogP contribution in [-0.2, 0) is 9.53 Å². The van der Waals surface area contributed by atoms with Crippen LogP contribution in [0, 0.1) is 5.92 Å². The Kier molecular flexibility index (Phi) is 6.90. The smallest absolute Gasteiger partial charge is 0.308 e. The zero-order valence-electron chi connectivity index (χ0n) is 14.1. The summed E-state index contributed by atoms with van der Waals surface area (Å²) in [7, 11) is 1.67. The van der Waals surface area contributed by atoms with Crippen molar-refractivity contribution in [3.05, 3.63) is 28.2 Å². The van der Waals surface area contributed by atoms with E-state index in [0.717, 1.165) is 35.9 Å². The van der Waals surface area contributed by atoms with Crippen LogP contribution in [0.15, 0.2) is 22.7 Å². The molecule has 23 heavy (non-hydrogen) atoms. The molecule has 1 atom stereocenters. The van der Waals surface area contributed by atoms with Crippen LogP contribution in [0.2, 0.25) is 0 Å². The Morgan fingerprint density at radius 1 is 1.35 bits per heavy atom. The van der Waals surface area contributed by atoms with E-state index < -0.39 is 0 Å². The number of rotatable bonds is 6. The van der Waals surface area contributed by atoms with Gasteiger partial charge in [0, 0.05) is 12.1 Å². The van der Waals surface area contributed by atoms with E-state index in [-0.39, 0.29) is 17.9 Å². The highest BCUT2D eigenvalue weighted by molar-refractivity contribution is 9.10. The molecule has 1 N–H and O–H groups in total. The van der Waals surface area contributed by atoms with Gasteiger partial charge in [0.1, 0.15) is 5.75 Å². The lowest BCUT2D eigenvalue weighted by Crippen LogP contribution is -2.36. The fraction of sp³-hybridized carbons (Fsp3) is 0.611. The van der Waals surface area contributed by atoms with E-state index in [2.05, 4.69) is 40.3 Å². The minimum atomic E-state index is -0.0296. The first-order valence-electron chi connectivity index (χ1n) is 8.31. The van der Waals surface area contributed by atoms with Crippen LogP contribution in [0.1, 0.15) is 51.1 Å². The Balaban J connectivity index is 1.86. The summed E-state index contributed by atoms with van der Waals surface area (Å²) in [5.74, 6) is 0.896. The Bertz CT molecular complexity index is 527. The molecule has 0 aliphatic heterocycles. The lowest BCUT2D eigenvalue weighted by molar-refractivity contribution is -0.149. The van der Waals surface area contributed by atoms with Crippen molar-refractivity contribution < 1.29 is 14.3 Å². The largest absolute Gasteiger partial charge is 0.496 e. The van der Waals surface area contributed by atoms with Crippen LogP contribution in [0.25, 0.3) is 0 Å². The van der Waals surface area contributed by atoms with E-state index in [9.17, 15) is 4.79 Å². The molecule has 0 heterocycles. The number of nitrogens with one attached hydrogen (secondary N) is 1. The first-order chi connectivity index (χ1) is 11.0. The van der Waals surface area contributed by atoms with Crippen molar-refractivity contribution in [1.82, 2.24) is 5.32 Å². The van der Waals surface area contributed by atoms with Crippen molar-refractivity contribution in [2.45, 2.75) is 51.6 Å². The predicted octanol–water partition coefficient (Wildman–Crippen LogP) is 4.23. The second-order valence-corrected chi connectivity index (χ2v) is 6.94. The Hall–Kier alpha value is -1.07. The summed E-state index contributed by atoms with van der Waals surface area (Å²) < 4.78 is 11.4. The SMILES string of the molecule is CCOC(=O)C1CCC(NC(C)c2ccc(OC)c(Br)c2)CC1. The Morgan fingerprint density at radius 3 is 2.61 bits per heavy atom. The standard InChI is InChI=1S/C18H26BrNO3/c1-4-23-18(21)13-5-8-15(9-6-13)20-12(2)14-7-10-17(22-3)16(19)11-14/h7,10-13,15,20H,4-6,8-9H2,1-3H3. The summed E-state index contributed by atoms with van der Waals surface area (Å²) >= 11 is 3.54. The second-order valence-electron chi connectivity index (χ2n) is 6.08. The number of esters is 1. The maximum absolute atomic E-state index is 11.8. The fourth-order valence-electron chi connectivity index (χ4n) is 3.16. The van der Waals surface area contributed by atoms with Gasteiger partial charge in [0.25, 0.3) is 0 Å². The van der Waals surface area contributed by atoms with Crippen molar-refractivity contribution in [3.63, 3.8) is 0 Å². The minimum absolute atomic E-state index is 0.0296. The van der Waals surface area contributed by atoms with Crippen molar-refractivity contribution in [1.29, 1.82) is 0 Å². The van der Waals surface area contributed by atoms with Gasteiger partial charge in [-0.2, -0.15) is 0 Å². The molecule has 0 radical (unpaired) electrons. The van der Waals surface area contributed by atoms with Gasteiger partial charge in [-0.25, -0.2) is 0 Å². The van der Waals surface area contributed by atoms with E-state index in [4.69, 9.17) is 9.47 Å². The number of carbonyl (C=O) groups is 1. The molecule has 4 nitrogen and oxygen atoms in total. The van der Waals surface area contributed by atoms with Gasteiger partial charge in [-0.1, -0.05) is 6.07 Å². The number of hydrogen-bond donors (Lipinski definition) is 1. The van der Waals surface area contributed by atoms with Crippen LogP contribution >= 0.6 is 15.9 Å². The maximum atomic E-state index is 11.8. The van der Waals surface area contributed by atoms with Crippen LogP contribution < -0.4 is 10.1 Å². The van der Waals surface area contributed by atoms with Gasteiger partial charge in [0.15, 0.2) is 0 Å². The molecule has 1 aliphatic carbocycles. The number of benzene rings is 1. The molecule has 2 rings (SSSR count). The predicted molar refractivity (Wildman–Crippen MR) is 94.6 cm³/mol. The summed E-state index contributed by atoms with van der Waals surface area (Å²) in [4.78, 5) is 11.8. The molecule has 1 aromatic rings. The van der Waals surface area contributed by atoms with E-state index >= 15 is 0 Å². The zero-order chi connectivity index (χ0) is 16.8. The summed E-state index contributed by atoms with van der Waals surface area (Å²) in [5.41, 5.74) is 1.23. The molecule has 0 bridgehead atoms. The quantitative estimate of drug-likeness (QED) is 0.746. The third-order valence-corrected chi connectivity index (χ3v) is 5.13. The monoisotopic (exact) mass is 383 g/mol. The van der Waals surface area contributed by atoms with Gasteiger partial charge in [-0.3, -0.25) is 4.79 Å². The molecule has 0 spiro atoms. The van der Waals surface area contributed by atoms with Gasteiger partial charge in [0.05, 0.1) is 24.1 Å². The molecule has 0 amide bonds. The number of carbonyl (C=O) groups excluding carboxylic acids is 1. The van der Waals surface area contributed by atoms with Gasteiger partial charge >= 0.3 is 5.97 Å². The fourth-order valence-corrected chi connectivity index (χ4v) is 3.72. The van der Waals surface area contributed by atoms with E-state index in [0.29, 0.717) is 12.6 Å². The topological polar surface area (TPSA) is 47.6 Å². The molecule has 1 unspecified atom stereocenters. The third kappa shape index (κ3) is 4.95. The first-order valence-corrected chi connectivity index (χ1v) is 9.10. The molecule has 1 fully saturated rings. The number of ether oxygens (including phenoxy) is 2. The van der Waals surface area contributed by atoms with Crippen LogP contribution in [-0.4, -0.2) is 25.7 Å². The maximum Gasteiger partial charge on any atom is 0.308 e.